The Hall–Kier alpha value is -2.28. The summed E-state index contributed by atoms with van der Waals surface area (Å²) < 4.78 is 1.03. The number of nitrogens with zero attached hydrogens (tertiary/aromatic N) is 1. The molecular weight excluding hydrogens is 580 g/mol. The van der Waals surface area contributed by atoms with Crippen molar-refractivity contribution in [3.8, 4) is 0 Å². The van der Waals surface area contributed by atoms with Crippen LogP contribution in [0.5, 0.6) is 0 Å². The number of amides is 2. The normalized spacial score (nSPS) is 14.6. The van der Waals surface area contributed by atoms with Gasteiger partial charge in [-0.1, -0.05) is 101 Å². The summed E-state index contributed by atoms with van der Waals surface area (Å²) in [6.07, 6.45) is 5.93. The van der Waals surface area contributed by atoms with E-state index in [0.717, 1.165) is 52.6 Å². The molecule has 38 heavy (non-hydrogen) atoms. The average Bonchev–Trinajstić information content (AvgIpc) is 2.93. The first-order chi connectivity index (χ1) is 18.5. The molecule has 0 aromatic heterocycles. The van der Waals surface area contributed by atoms with Gasteiger partial charge in [0.05, 0.1) is 5.75 Å². The molecule has 3 aromatic carbocycles. The van der Waals surface area contributed by atoms with Gasteiger partial charge in [-0.2, -0.15) is 0 Å². The highest BCUT2D eigenvalue weighted by molar-refractivity contribution is 9.10. The van der Waals surface area contributed by atoms with E-state index in [1.54, 1.807) is 16.7 Å². The molecule has 0 radical (unpaired) electrons. The van der Waals surface area contributed by atoms with Crippen LogP contribution in [0.15, 0.2) is 83.3 Å². The Balaban J connectivity index is 1.56. The van der Waals surface area contributed by atoms with Crippen LogP contribution in [0.25, 0.3) is 0 Å². The van der Waals surface area contributed by atoms with E-state index in [-0.39, 0.29) is 17.9 Å². The summed E-state index contributed by atoms with van der Waals surface area (Å²) in [5.74, 6) is 0.890. The highest BCUT2D eigenvalue weighted by atomic mass is 79.9. The van der Waals surface area contributed by atoms with Crippen molar-refractivity contribution in [1.29, 1.82) is 0 Å². The first-order valence-electron chi connectivity index (χ1n) is 13.2. The molecule has 1 N–H and O–H groups in total. The van der Waals surface area contributed by atoms with Gasteiger partial charge >= 0.3 is 0 Å². The summed E-state index contributed by atoms with van der Waals surface area (Å²) in [6.45, 7) is 0.327. The first-order valence-corrected chi connectivity index (χ1v) is 15.5. The number of thioether (sulfide) groups is 1. The fraction of sp³-hybridized carbons (Fsp3) is 0.355. The van der Waals surface area contributed by atoms with E-state index in [1.165, 1.54) is 6.42 Å². The van der Waals surface area contributed by atoms with Crippen LogP contribution >= 0.6 is 39.3 Å². The van der Waals surface area contributed by atoms with Crippen molar-refractivity contribution in [2.75, 3.05) is 5.75 Å². The van der Waals surface area contributed by atoms with Crippen molar-refractivity contribution in [3.63, 3.8) is 0 Å². The van der Waals surface area contributed by atoms with E-state index in [1.807, 2.05) is 66.7 Å². The number of carbonyl (C=O) groups excluding carboxylic acids is 2. The number of rotatable bonds is 11. The second kappa shape index (κ2) is 14.8. The minimum absolute atomic E-state index is 0.0492. The van der Waals surface area contributed by atoms with Crippen molar-refractivity contribution < 1.29 is 9.59 Å². The molecule has 1 fully saturated rings. The van der Waals surface area contributed by atoms with Crippen LogP contribution in [0.1, 0.15) is 48.8 Å². The summed E-state index contributed by atoms with van der Waals surface area (Å²) >= 11 is 11.3. The maximum absolute atomic E-state index is 13.8. The Labute approximate surface area is 243 Å². The SMILES string of the molecule is O=C(NC1CCCCC1)[C@H](Cc1ccccc1)N(Cc1cccc(Cl)c1)C(=O)CSCc1ccc(Br)cc1. The third-order valence-corrected chi connectivity index (χ3v) is 8.62. The molecule has 0 spiro atoms. The van der Waals surface area contributed by atoms with Crippen LogP contribution in [-0.4, -0.2) is 34.6 Å². The zero-order chi connectivity index (χ0) is 26.7. The van der Waals surface area contributed by atoms with E-state index in [4.69, 9.17) is 11.6 Å². The number of nitrogens with one attached hydrogen (secondary N) is 1. The lowest BCUT2D eigenvalue weighted by molar-refractivity contribution is -0.139. The zero-order valence-corrected chi connectivity index (χ0v) is 24.6. The Bertz CT molecular complexity index is 1190. The molecule has 7 heteroatoms. The molecule has 0 unspecified atom stereocenters. The summed E-state index contributed by atoms with van der Waals surface area (Å²) in [4.78, 5) is 29.3. The zero-order valence-electron chi connectivity index (χ0n) is 21.5. The lowest BCUT2D eigenvalue weighted by Gasteiger charge is -2.33. The monoisotopic (exact) mass is 612 g/mol. The Morgan fingerprint density at radius 1 is 0.921 bits per heavy atom. The molecule has 4 rings (SSSR count). The van der Waals surface area contributed by atoms with Gasteiger partial charge in [-0.25, -0.2) is 0 Å². The van der Waals surface area contributed by atoms with Gasteiger partial charge < -0.3 is 10.2 Å². The third kappa shape index (κ3) is 8.89. The van der Waals surface area contributed by atoms with Crippen molar-refractivity contribution in [1.82, 2.24) is 10.2 Å². The maximum atomic E-state index is 13.8. The van der Waals surface area contributed by atoms with Crippen molar-refractivity contribution >= 4 is 51.1 Å². The quantitative estimate of drug-likeness (QED) is 0.245. The standard InChI is InChI=1S/C31H34BrClN2O2S/c32-26-16-14-24(15-17-26)21-38-22-30(36)35(20-25-10-7-11-27(33)18-25)29(19-23-8-3-1-4-9-23)31(37)34-28-12-5-2-6-13-28/h1,3-4,7-11,14-18,28-29H,2,5-6,12-13,19-22H2,(H,34,37)/t29-/m0/s1. The van der Waals surface area contributed by atoms with Gasteiger partial charge in [0.25, 0.3) is 0 Å². The highest BCUT2D eigenvalue weighted by Gasteiger charge is 2.31. The molecule has 1 saturated carbocycles. The molecular formula is C31H34BrClN2O2S. The predicted molar refractivity (Wildman–Crippen MR) is 161 cm³/mol. The third-order valence-electron chi connectivity index (χ3n) is 6.87. The van der Waals surface area contributed by atoms with Crippen LogP contribution in [-0.2, 0) is 28.3 Å². The molecule has 0 bridgehead atoms. The van der Waals surface area contributed by atoms with Crippen LogP contribution < -0.4 is 5.32 Å². The Morgan fingerprint density at radius 2 is 1.63 bits per heavy atom. The Morgan fingerprint density at radius 3 is 2.34 bits per heavy atom. The molecule has 2 amide bonds. The first kappa shape index (κ1) is 28.7. The average molecular weight is 614 g/mol. The number of benzene rings is 3. The fourth-order valence-corrected chi connectivity index (χ4v) is 6.20. The van der Waals surface area contributed by atoms with Crippen LogP contribution in [0, 0.1) is 0 Å². The summed E-state index contributed by atoms with van der Waals surface area (Å²) in [5.41, 5.74) is 3.10. The molecule has 0 heterocycles. The second-order valence-electron chi connectivity index (χ2n) is 9.82. The van der Waals surface area contributed by atoms with E-state index in [9.17, 15) is 9.59 Å². The highest BCUT2D eigenvalue weighted by Crippen LogP contribution is 2.22. The second-order valence-corrected chi connectivity index (χ2v) is 12.2. The molecule has 3 aromatic rings. The largest absolute Gasteiger partial charge is 0.352 e. The number of hydrogen-bond acceptors (Lipinski definition) is 3. The molecule has 0 aliphatic heterocycles. The molecule has 1 atom stereocenters. The van der Waals surface area contributed by atoms with E-state index < -0.39 is 6.04 Å². The summed E-state index contributed by atoms with van der Waals surface area (Å²) in [5, 5.41) is 3.91. The molecule has 0 saturated heterocycles. The summed E-state index contributed by atoms with van der Waals surface area (Å²) in [6, 6.07) is 25.2. The van der Waals surface area contributed by atoms with E-state index in [2.05, 4.69) is 33.4 Å². The Kier molecular flexibility index (Phi) is 11.2. The van der Waals surface area contributed by atoms with Gasteiger partial charge in [0.15, 0.2) is 0 Å². The fourth-order valence-electron chi connectivity index (χ4n) is 4.85. The number of hydrogen-bond donors (Lipinski definition) is 1. The van der Waals surface area contributed by atoms with E-state index in [0.29, 0.717) is 23.7 Å². The van der Waals surface area contributed by atoms with E-state index >= 15 is 0 Å². The lowest BCUT2D eigenvalue weighted by Crippen LogP contribution is -2.53. The van der Waals surface area contributed by atoms with Gasteiger partial charge in [-0.15, -0.1) is 11.8 Å². The molecule has 1 aliphatic rings. The van der Waals surface area contributed by atoms with Gasteiger partial charge in [-0.3, -0.25) is 9.59 Å². The molecule has 4 nitrogen and oxygen atoms in total. The van der Waals surface area contributed by atoms with Gasteiger partial charge in [-0.05, 0) is 53.8 Å². The van der Waals surface area contributed by atoms with Crippen molar-refractivity contribution in [3.05, 3.63) is 105 Å². The smallest absolute Gasteiger partial charge is 0.243 e. The molecule has 200 valence electrons. The van der Waals surface area contributed by atoms with Crippen molar-refractivity contribution in [2.24, 2.45) is 0 Å². The predicted octanol–water partition coefficient (Wildman–Crippen LogP) is 7.42. The number of halogens is 2. The van der Waals surface area contributed by atoms with Crippen LogP contribution in [0.3, 0.4) is 0 Å². The van der Waals surface area contributed by atoms with Gasteiger partial charge in [0, 0.05) is 34.3 Å². The number of carbonyl (C=O) groups is 2. The maximum Gasteiger partial charge on any atom is 0.243 e. The molecule has 1 aliphatic carbocycles. The lowest BCUT2D eigenvalue weighted by atomic mass is 9.94. The van der Waals surface area contributed by atoms with Gasteiger partial charge in [0.2, 0.25) is 11.8 Å². The van der Waals surface area contributed by atoms with Crippen LogP contribution in [0.4, 0.5) is 0 Å². The topological polar surface area (TPSA) is 49.4 Å². The van der Waals surface area contributed by atoms with Gasteiger partial charge in [0.1, 0.15) is 6.04 Å². The minimum Gasteiger partial charge on any atom is -0.352 e. The van der Waals surface area contributed by atoms with Crippen LogP contribution in [0.2, 0.25) is 5.02 Å². The minimum atomic E-state index is -0.612. The van der Waals surface area contributed by atoms with Crippen molar-refractivity contribution in [2.45, 2.75) is 62.9 Å². The summed E-state index contributed by atoms with van der Waals surface area (Å²) in [7, 11) is 0.